The van der Waals surface area contributed by atoms with Gasteiger partial charge in [0.1, 0.15) is 4.90 Å². The van der Waals surface area contributed by atoms with E-state index in [-0.39, 0.29) is 10.9 Å². The first-order valence-corrected chi connectivity index (χ1v) is 7.54. The third-order valence-corrected chi connectivity index (χ3v) is 4.71. The number of hydrogen-bond acceptors (Lipinski definition) is 4. The number of carbonyl (C=O) groups is 1. The number of sulfonamides is 1. The van der Waals surface area contributed by atoms with E-state index in [2.05, 4.69) is 21.2 Å². The van der Waals surface area contributed by atoms with Crippen LogP contribution in [0.1, 0.15) is 12.8 Å². The molecule has 1 aliphatic rings. The molecule has 1 aromatic carbocycles. The summed E-state index contributed by atoms with van der Waals surface area (Å²) >= 11 is 3.11. The fraction of sp³-hybridized carbons (Fsp3) is 0.300. The van der Waals surface area contributed by atoms with Crippen LogP contribution in [0, 0.1) is 0 Å². The highest BCUT2D eigenvalue weighted by atomic mass is 79.9. The van der Waals surface area contributed by atoms with E-state index in [9.17, 15) is 13.2 Å². The Morgan fingerprint density at radius 3 is 2.67 bits per heavy atom. The molecule has 1 fully saturated rings. The van der Waals surface area contributed by atoms with Crippen molar-refractivity contribution in [1.82, 2.24) is 10.0 Å². The smallest absolute Gasteiger partial charge is 0.328 e. The minimum Gasteiger partial charge on any atom is -0.399 e. The molecule has 0 saturated heterocycles. The normalized spacial score (nSPS) is 15.2. The predicted molar refractivity (Wildman–Crippen MR) is 70.4 cm³/mol. The first-order valence-electron chi connectivity index (χ1n) is 5.27. The fourth-order valence-corrected chi connectivity index (χ4v) is 3.26. The van der Waals surface area contributed by atoms with E-state index >= 15 is 0 Å². The van der Waals surface area contributed by atoms with Crippen molar-refractivity contribution in [3.63, 3.8) is 0 Å². The average molecular weight is 334 g/mol. The van der Waals surface area contributed by atoms with E-state index in [1.54, 1.807) is 6.07 Å². The molecule has 6 nitrogen and oxygen atoms in total. The van der Waals surface area contributed by atoms with Crippen molar-refractivity contribution in [3.05, 3.63) is 22.7 Å². The van der Waals surface area contributed by atoms with E-state index in [4.69, 9.17) is 5.73 Å². The van der Waals surface area contributed by atoms with Crippen molar-refractivity contribution in [1.29, 1.82) is 0 Å². The second-order valence-electron chi connectivity index (χ2n) is 4.04. The minimum atomic E-state index is -3.92. The van der Waals surface area contributed by atoms with Gasteiger partial charge in [0.25, 0.3) is 10.0 Å². The Bertz CT molecular complexity index is 584. The van der Waals surface area contributed by atoms with E-state index in [1.165, 1.54) is 12.1 Å². The summed E-state index contributed by atoms with van der Waals surface area (Å²) in [5, 5.41) is 2.54. The molecule has 0 unspecified atom stereocenters. The van der Waals surface area contributed by atoms with Gasteiger partial charge in [-0.2, -0.15) is 0 Å². The van der Waals surface area contributed by atoms with Gasteiger partial charge in [-0.25, -0.2) is 17.9 Å². The van der Waals surface area contributed by atoms with E-state index in [1.807, 2.05) is 4.72 Å². The third-order valence-electron chi connectivity index (χ3n) is 2.38. The lowest BCUT2D eigenvalue weighted by atomic mass is 10.3. The molecule has 2 amide bonds. The fourth-order valence-electron chi connectivity index (χ4n) is 1.35. The van der Waals surface area contributed by atoms with Crippen LogP contribution in [0.15, 0.2) is 27.6 Å². The second kappa shape index (κ2) is 4.77. The van der Waals surface area contributed by atoms with Crippen LogP contribution in [-0.2, 0) is 10.0 Å². The summed E-state index contributed by atoms with van der Waals surface area (Å²) in [5.41, 5.74) is 5.84. The van der Waals surface area contributed by atoms with Crippen molar-refractivity contribution >= 4 is 37.7 Å². The standard InChI is InChI=1S/C10H12BrN3O3S/c11-8-4-1-6(12)5-9(8)18(16,17)14-10(15)13-7-2-3-7/h1,4-5,7H,2-3,12H2,(H2,13,14,15). The number of nitrogens with two attached hydrogens (primary N) is 1. The monoisotopic (exact) mass is 333 g/mol. The number of nitrogens with one attached hydrogen (secondary N) is 2. The van der Waals surface area contributed by atoms with Crippen LogP contribution in [-0.4, -0.2) is 20.5 Å². The number of nitrogen functional groups attached to an aromatic ring is 1. The van der Waals surface area contributed by atoms with Crippen molar-refractivity contribution in [2.24, 2.45) is 0 Å². The van der Waals surface area contributed by atoms with Gasteiger partial charge in [-0.15, -0.1) is 0 Å². The van der Waals surface area contributed by atoms with Crippen LogP contribution < -0.4 is 15.8 Å². The van der Waals surface area contributed by atoms with Crippen LogP contribution in [0.4, 0.5) is 10.5 Å². The highest BCUT2D eigenvalue weighted by Gasteiger charge is 2.26. The first-order chi connectivity index (χ1) is 8.38. The van der Waals surface area contributed by atoms with Gasteiger partial charge in [-0.3, -0.25) is 0 Å². The number of rotatable bonds is 3. The quantitative estimate of drug-likeness (QED) is 0.723. The number of benzene rings is 1. The first kappa shape index (κ1) is 13.2. The molecule has 0 radical (unpaired) electrons. The van der Waals surface area contributed by atoms with Gasteiger partial charge in [0.2, 0.25) is 0 Å². The topological polar surface area (TPSA) is 101 Å². The van der Waals surface area contributed by atoms with E-state index in [0.29, 0.717) is 10.2 Å². The molecule has 0 bridgehead atoms. The van der Waals surface area contributed by atoms with Crippen molar-refractivity contribution in [3.8, 4) is 0 Å². The van der Waals surface area contributed by atoms with Crippen LogP contribution >= 0.6 is 15.9 Å². The van der Waals surface area contributed by atoms with Crippen LogP contribution in [0.25, 0.3) is 0 Å². The lowest BCUT2D eigenvalue weighted by molar-refractivity contribution is 0.245. The molecule has 0 aromatic heterocycles. The Labute approximate surface area is 113 Å². The minimum absolute atomic E-state index is 0.0616. The maximum absolute atomic E-state index is 12.0. The Morgan fingerprint density at radius 1 is 1.39 bits per heavy atom. The lowest BCUT2D eigenvalue weighted by Gasteiger charge is -2.09. The molecule has 1 aliphatic carbocycles. The van der Waals surface area contributed by atoms with Crippen molar-refractivity contribution in [2.75, 3.05) is 5.73 Å². The lowest BCUT2D eigenvalue weighted by Crippen LogP contribution is -2.40. The Morgan fingerprint density at radius 2 is 2.06 bits per heavy atom. The van der Waals surface area contributed by atoms with Crippen LogP contribution in [0.5, 0.6) is 0 Å². The van der Waals surface area contributed by atoms with Crippen molar-refractivity contribution < 1.29 is 13.2 Å². The maximum atomic E-state index is 12.0. The molecule has 8 heteroatoms. The number of halogens is 1. The van der Waals surface area contributed by atoms with Gasteiger partial charge in [0.05, 0.1) is 0 Å². The molecule has 0 atom stereocenters. The third kappa shape index (κ3) is 3.14. The number of anilines is 1. The van der Waals surface area contributed by atoms with Gasteiger partial charge >= 0.3 is 6.03 Å². The highest BCUT2D eigenvalue weighted by molar-refractivity contribution is 9.10. The summed E-state index contributed by atoms with van der Waals surface area (Å²) in [6, 6.07) is 3.74. The van der Waals surface area contributed by atoms with Gasteiger partial charge in [-0.1, -0.05) is 0 Å². The zero-order valence-corrected chi connectivity index (χ0v) is 11.7. The van der Waals surface area contributed by atoms with Crippen molar-refractivity contribution in [2.45, 2.75) is 23.8 Å². The SMILES string of the molecule is Nc1ccc(Br)c(S(=O)(=O)NC(=O)NC2CC2)c1. The molecular weight excluding hydrogens is 322 g/mol. The Hall–Kier alpha value is -1.28. The molecule has 0 aliphatic heterocycles. The molecule has 0 spiro atoms. The summed E-state index contributed by atoms with van der Waals surface area (Å²) < 4.78 is 26.2. The molecule has 98 valence electrons. The largest absolute Gasteiger partial charge is 0.399 e. The summed E-state index contributed by atoms with van der Waals surface area (Å²) in [6.45, 7) is 0. The zero-order valence-electron chi connectivity index (χ0n) is 9.31. The predicted octanol–water partition coefficient (Wildman–Crippen LogP) is 1.18. The van der Waals surface area contributed by atoms with Crippen LogP contribution in [0.2, 0.25) is 0 Å². The van der Waals surface area contributed by atoms with Gasteiger partial charge < -0.3 is 11.1 Å². The highest BCUT2D eigenvalue weighted by Crippen LogP contribution is 2.24. The summed E-state index contributed by atoms with van der Waals surface area (Å²) in [7, 11) is -3.92. The Balaban J connectivity index is 2.18. The van der Waals surface area contributed by atoms with E-state index < -0.39 is 16.1 Å². The number of carbonyl (C=O) groups excluding carboxylic acids is 1. The molecule has 4 N–H and O–H groups in total. The number of urea groups is 1. The summed E-state index contributed by atoms with van der Waals surface area (Å²) in [4.78, 5) is 11.4. The zero-order chi connectivity index (χ0) is 13.3. The second-order valence-corrected chi connectivity index (χ2v) is 6.55. The molecule has 1 saturated carbocycles. The summed E-state index contributed by atoms with van der Waals surface area (Å²) in [5.74, 6) is 0. The number of amides is 2. The molecule has 0 heterocycles. The van der Waals surface area contributed by atoms with Gasteiger partial charge in [0, 0.05) is 16.2 Å². The molecular formula is C10H12BrN3O3S. The van der Waals surface area contributed by atoms with E-state index in [0.717, 1.165) is 12.8 Å². The van der Waals surface area contributed by atoms with Gasteiger partial charge in [-0.05, 0) is 47.0 Å². The number of hydrogen-bond donors (Lipinski definition) is 3. The summed E-state index contributed by atoms with van der Waals surface area (Å²) in [6.07, 6.45) is 1.77. The Kier molecular flexibility index (Phi) is 3.49. The molecule has 18 heavy (non-hydrogen) atoms. The molecule has 2 rings (SSSR count). The molecule has 1 aromatic rings. The average Bonchev–Trinajstić information content (AvgIpc) is 3.04. The maximum Gasteiger partial charge on any atom is 0.328 e. The van der Waals surface area contributed by atoms with Crippen LogP contribution in [0.3, 0.4) is 0 Å². The van der Waals surface area contributed by atoms with Gasteiger partial charge in [0.15, 0.2) is 0 Å².